The zero-order valence-electron chi connectivity index (χ0n) is 12.9. The highest BCUT2D eigenvalue weighted by atomic mass is 32.1. The lowest BCUT2D eigenvalue weighted by molar-refractivity contribution is 0.0889. The summed E-state index contributed by atoms with van der Waals surface area (Å²) in [5.41, 5.74) is 0.992. The molecule has 1 aromatic rings. The van der Waals surface area contributed by atoms with Crippen LogP contribution in [0.4, 0.5) is 0 Å². The highest BCUT2D eigenvalue weighted by molar-refractivity contribution is 7.14. The standard InChI is InChI=1S/C16H23NO3S/c1-12(2)11-20-9-7-17-16(19)15-10-13(3)14(21-15)6-4-5-8-18/h10,12,18H,5,7-9,11H2,1-3H3,(H,17,19). The van der Waals surface area contributed by atoms with Gasteiger partial charge in [-0.1, -0.05) is 25.7 Å². The Morgan fingerprint density at radius 2 is 2.29 bits per heavy atom. The summed E-state index contributed by atoms with van der Waals surface area (Å²) >= 11 is 1.38. The first-order chi connectivity index (χ1) is 10.0. The molecule has 5 heteroatoms. The largest absolute Gasteiger partial charge is 0.395 e. The summed E-state index contributed by atoms with van der Waals surface area (Å²) in [6.07, 6.45) is 0.450. The molecule has 1 amide bonds. The Kier molecular flexibility index (Phi) is 8.06. The molecule has 21 heavy (non-hydrogen) atoms. The van der Waals surface area contributed by atoms with Gasteiger partial charge in [0.15, 0.2) is 0 Å². The third kappa shape index (κ3) is 6.76. The second-order valence-electron chi connectivity index (χ2n) is 5.12. The lowest BCUT2D eigenvalue weighted by Gasteiger charge is -2.07. The molecule has 0 aliphatic rings. The van der Waals surface area contributed by atoms with Crippen LogP contribution in [-0.4, -0.2) is 37.4 Å². The summed E-state index contributed by atoms with van der Waals surface area (Å²) in [5, 5.41) is 11.5. The van der Waals surface area contributed by atoms with Crippen LogP contribution in [0, 0.1) is 24.7 Å². The molecule has 0 unspecified atom stereocenters. The first-order valence-corrected chi connectivity index (χ1v) is 7.92. The molecule has 0 aliphatic heterocycles. The third-order valence-electron chi connectivity index (χ3n) is 2.56. The predicted octanol–water partition coefficient (Wildman–Crippen LogP) is 2.19. The summed E-state index contributed by atoms with van der Waals surface area (Å²) in [6.45, 7) is 7.91. The van der Waals surface area contributed by atoms with Gasteiger partial charge in [0, 0.05) is 19.6 Å². The average Bonchev–Trinajstić information content (AvgIpc) is 2.80. The van der Waals surface area contributed by atoms with Crippen molar-refractivity contribution in [1.29, 1.82) is 0 Å². The van der Waals surface area contributed by atoms with E-state index in [4.69, 9.17) is 9.84 Å². The molecular formula is C16H23NO3S. The van der Waals surface area contributed by atoms with Crippen molar-refractivity contribution in [2.24, 2.45) is 5.92 Å². The molecule has 1 aromatic heterocycles. The van der Waals surface area contributed by atoms with Crippen molar-refractivity contribution in [3.05, 3.63) is 21.4 Å². The number of hydrogen-bond donors (Lipinski definition) is 2. The number of ether oxygens (including phenoxy) is 1. The van der Waals surface area contributed by atoms with E-state index in [-0.39, 0.29) is 12.5 Å². The van der Waals surface area contributed by atoms with E-state index in [0.717, 1.165) is 10.4 Å². The van der Waals surface area contributed by atoms with Crippen LogP contribution in [0.5, 0.6) is 0 Å². The van der Waals surface area contributed by atoms with Crippen LogP contribution < -0.4 is 5.32 Å². The molecule has 0 saturated heterocycles. The molecule has 0 fully saturated rings. The van der Waals surface area contributed by atoms with Crippen LogP contribution in [0.2, 0.25) is 0 Å². The van der Waals surface area contributed by atoms with E-state index in [1.165, 1.54) is 11.3 Å². The fourth-order valence-electron chi connectivity index (χ4n) is 1.56. The van der Waals surface area contributed by atoms with Crippen LogP contribution in [0.25, 0.3) is 0 Å². The van der Waals surface area contributed by atoms with Crippen LogP contribution in [-0.2, 0) is 4.74 Å². The Hall–Kier alpha value is -1.35. The molecule has 1 rings (SSSR count). The molecule has 0 saturated carbocycles. The number of aliphatic hydroxyl groups excluding tert-OH is 1. The van der Waals surface area contributed by atoms with Crippen molar-refractivity contribution in [2.45, 2.75) is 27.2 Å². The number of hydrogen-bond acceptors (Lipinski definition) is 4. The number of carbonyl (C=O) groups is 1. The van der Waals surface area contributed by atoms with Crippen molar-refractivity contribution < 1.29 is 14.6 Å². The van der Waals surface area contributed by atoms with Gasteiger partial charge in [-0.25, -0.2) is 0 Å². The minimum absolute atomic E-state index is 0.0567. The Morgan fingerprint density at radius 1 is 1.52 bits per heavy atom. The second-order valence-corrected chi connectivity index (χ2v) is 6.18. The van der Waals surface area contributed by atoms with E-state index < -0.39 is 0 Å². The summed E-state index contributed by atoms with van der Waals surface area (Å²) < 4.78 is 5.42. The molecule has 0 atom stereocenters. The molecule has 0 radical (unpaired) electrons. The third-order valence-corrected chi connectivity index (χ3v) is 3.71. The number of aliphatic hydroxyl groups is 1. The Balaban J connectivity index is 2.45. The Bertz CT molecular complexity index is 511. The van der Waals surface area contributed by atoms with Gasteiger partial charge in [0.25, 0.3) is 5.91 Å². The Labute approximate surface area is 130 Å². The molecular weight excluding hydrogens is 286 g/mol. The number of aryl methyl sites for hydroxylation is 1. The van der Waals surface area contributed by atoms with Gasteiger partial charge in [-0.2, -0.15) is 0 Å². The minimum atomic E-state index is -0.0912. The fraction of sp³-hybridized carbons (Fsp3) is 0.562. The maximum absolute atomic E-state index is 12.0. The van der Waals surface area contributed by atoms with E-state index in [1.807, 2.05) is 13.0 Å². The fourth-order valence-corrected chi connectivity index (χ4v) is 2.52. The van der Waals surface area contributed by atoms with E-state index in [2.05, 4.69) is 31.0 Å². The SMILES string of the molecule is Cc1cc(C(=O)NCCOCC(C)C)sc1C#CCCO. The maximum atomic E-state index is 12.0. The molecule has 1 heterocycles. The zero-order valence-corrected chi connectivity index (χ0v) is 13.7. The normalized spacial score (nSPS) is 10.3. The van der Waals surface area contributed by atoms with Crippen molar-refractivity contribution in [3.63, 3.8) is 0 Å². The van der Waals surface area contributed by atoms with E-state index in [9.17, 15) is 4.79 Å². The predicted molar refractivity (Wildman–Crippen MR) is 85.6 cm³/mol. The van der Waals surface area contributed by atoms with Crippen molar-refractivity contribution in [2.75, 3.05) is 26.4 Å². The topological polar surface area (TPSA) is 58.6 Å². The average molecular weight is 309 g/mol. The monoisotopic (exact) mass is 309 g/mol. The van der Waals surface area contributed by atoms with Crippen molar-refractivity contribution in [1.82, 2.24) is 5.32 Å². The van der Waals surface area contributed by atoms with Gasteiger partial charge in [0.1, 0.15) is 0 Å². The summed E-state index contributed by atoms with van der Waals surface area (Å²) in [6, 6.07) is 1.85. The summed E-state index contributed by atoms with van der Waals surface area (Å²) in [4.78, 5) is 13.5. The van der Waals surface area contributed by atoms with Crippen LogP contribution in [0.1, 0.15) is 40.4 Å². The summed E-state index contributed by atoms with van der Waals surface area (Å²) in [7, 11) is 0. The molecule has 2 N–H and O–H groups in total. The quantitative estimate of drug-likeness (QED) is 0.599. The number of nitrogens with one attached hydrogen (secondary N) is 1. The molecule has 0 aliphatic carbocycles. The van der Waals surface area contributed by atoms with Gasteiger partial charge in [0.05, 0.1) is 23.0 Å². The van der Waals surface area contributed by atoms with Crippen molar-refractivity contribution >= 4 is 17.2 Å². The number of amides is 1. The molecule has 116 valence electrons. The minimum Gasteiger partial charge on any atom is -0.395 e. The van der Waals surface area contributed by atoms with Crippen LogP contribution in [0.3, 0.4) is 0 Å². The number of carbonyl (C=O) groups excluding carboxylic acids is 1. The first-order valence-electron chi connectivity index (χ1n) is 7.10. The first kappa shape index (κ1) is 17.7. The van der Waals surface area contributed by atoms with E-state index in [0.29, 0.717) is 37.0 Å². The highest BCUT2D eigenvalue weighted by Gasteiger charge is 2.10. The van der Waals surface area contributed by atoms with Gasteiger partial charge in [0.2, 0.25) is 0 Å². The van der Waals surface area contributed by atoms with E-state index in [1.54, 1.807) is 0 Å². The molecule has 0 bridgehead atoms. The van der Waals surface area contributed by atoms with Crippen LogP contribution >= 0.6 is 11.3 Å². The lowest BCUT2D eigenvalue weighted by Crippen LogP contribution is -2.27. The second kappa shape index (κ2) is 9.56. The van der Waals surface area contributed by atoms with Crippen molar-refractivity contribution in [3.8, 4) is 11.8 Å². The van der Waals surface area contributed by atoms with E-state index >= 15 is 0 Å². The van der Waals surface area contributed by atoms with Gasteiger partial charge in [-0.05, 0) is 24.5 Å². The highest BCUT2D eigenvalue weighted by Crippen LogP contribution is 2.20. The Morgan fingerprint density at radius 3 is 2.95 bits per heavy atom. The smallest absolute Gasteiger partial charge is 0.261 e. The zero-order chi connectivity index (χ0) is 15.7. The molecule has 4 nitrogen and oxygen atoms in total. The lowest BCUT2D eigenvalue weighted by atomic mass is 10.2. The van der Waals surface area contributed by atoms with Gasteiger partial charge >= 0.3 is 0 Å². The van der Waals surface area contributed by atoms with Gasteiger partial charge < -0.3 is 15.2 Å². The number of rotatable bonds is 7. The summed E-state index contributed by atoms with van der Waals surface area (Å²) in [5.74, 6) is 6.26. The molecule has 0 aromatic carbocycles. The molecule has 0 spiro atoms. The van der Waals surface area contributed by atoms with Gasteiger partial charge in [-0.3, -0.25) is 4.79 Å². The van der Waals surface area contributed by atoms with Crippen LogP contribution in [0.15, 0.2) is 6.07 Å². The number of thiophene rings is 1. The maximum Gasteiger partial charge on any atom is 0.261 e. The van der Waals surface area contributed by atoms with Gasteiger partial charge in [-0.15, -0.1) is 11.3 Å².